The lowest BCUT2D eigenvalue weighted by molar-refractivity contribution is 0.0929. The van der Waals surface area contributed by atoms with Crippen molar-refractivity contribution in [1.82, 2.24) is 10.2 Å². The van der Waals surface area contributed by atoms with Gasteiger partial charge in [0.15, 0.2) is 0 Å². The fourth-order valence-corrected chi connectivity index (χ4v) is 3.90. The zero-order chi connectivity index (χ0) is 15.1. The van der Waals surface area contributed by atoms with E-state index >= 15 is 0 Å². The molecule has 1 amide bonds. The van der Waals surface area contributed by atoms with Gasteiger partial charge in [-0.25, -0.2) is 0 Å². The number of halogens is 1. The fraction of sp³-hybridized carbons (Fsp3) is 0.471. The molecule has 1 aromatic carbocycles. The molecule has 5 rings (SSSR count). The van der Waals surface area contributed by atoms with E-state index in [1.807, 2.05) is 6.07 Å². The highest BCUT2D eigenvalue weighted by Crippen LogP contribution is 2.28. The van der Waals surface area contributed by atoms with Gasteiger partial charge in [0.05, 0.1) is 5.02 Å². The first kappa shape index (κ1) is 14.1. The fourth-order valence-electron chi connectivity index (χ4n) is 3.71. The van der Waals surface area contributed by atoms with Gasteiger partial charge >= 0.3 is 0 Å². The van der Waals surface area contributed by atoms with Crippen molar-refractivity contribution in [3.05, 3.63) is 35.0 Å². The van der Waals surface area contributed by atoms with Gasteiger partial charge in [0.2, 0.25) is 0 Å². The highest BCUT2D eigenvalue weighted by molar-refractivity contribution is 6.35. The first-order valence-electron chi connectivity index (χ1n) is 7.89. The molecule has 1 unspecified atom stereocenters. The molecule has 116 valence electrons. The van der Waals surface area contributed by atoms with Crippen molar-refractivity contribution in [2.24, 2.45) is 5.92 Å². The number of nitrogens with one attached hydrogen (secondary N) is 1. The summed E-state index contributed by atoms with van der Waals surface area (Å²) in [7, 11) is 0. The minimum absolute atomic E-state index is 0.0216. The summed E-state index contributed by atoms with van der Waals surface area (Å²) in [6.07, 6.45) is 5.13. The lowest BCUT2D eigenvalue weighted by atomic mass is 9.94. The number of hydrogen-bond acceptors (Lipinski definition) is 3. The highest BCUT2D eigenvalue weighted by Gasteiger charge is 2.29. The van der Waals surface area contributed by atoms with E-state index in [0.717, 1.165) is 24.3 Å². The SMILES string of the molecule is O=C(NC1CC2CCN(CC2)C1)c1ccc2occ(Cl)c2c1. The maximum Gasteiger partial charge on any atom is 0.251 e. The Hall–Kier alpha value is -1.52. The van der Waals surface area contributed by atoms with Crippen molar-refractivity contribution in [2.75, 3.05) is 19.6 Å². The summed E-state index contributed by atoms with van der Waals surface area (Å²) in [5.41, 5.74) is 1.35. The smallest absolute Gasteiger partial charge is 0.251 e. The molecule has 22 heavy (non-hydrogen) atoms. The number of fused-ring (bicyclic) bond motifs is 5. The van der Waals surface area contributed by atoms with Crippen LogP contribution in [0.2, 0.25) is 5.02 Å². The molecule has 5 heteroatoms. The molecule has 1 atom stereocenters. The summed E-state index contributed by atoms with van der Waals surface area (Å²) < 4.78 is 5.32. The molecule has 3 aliphatic rings. The van der Waals surface area contributed by atoms with E-state index in [9.17, 15) is 4.79 Å². The van der Waals surface area contributed by atoms with Crippen molar-refractivity contribution < 1.29 is 9.21 Å². The van der Waals surface area contributed by atoms with Crippen LogP contribution >= 0.6 is 11.6 Å². The largest absolute Gasteiger partial charge is 0.463 e. The summed E-state index contributed by atoms with van der Waals surface area (Å²) in [4.78, 5) is 15.0. The third-order valence-electron chi connectivity index (χ3n) is 4.93. The number of furan rings is 1. The maximum absolute atomic E-state index is 12.5. The van der Waals surface area contributed by atoms with Crippen molar-refractivity contribution in [1.29, 1.82) is 0 Å². The normalized spacial score (nSPS) is 27.8. The molecule has 2 bridgehead atoms. The maximum atomic E-state index is 12.5. The van der Waals surface area contributed by atoms with Gasteiger partial charge in [0.1, 0.15) is 11.8 Å². The standard InChI is InChI=1S/C17H19ClN2O2/c18-15-10-22-16-2-1-12(8-14(15)16)17(21)19-13-7-11-3-5-20(9-13)6-4-11/h1-2,8,10-11,13H,3-7,9H2,(H,19,21). The molecule has 2 aromatic rings. The van der Waals surface area contributed by atoms with Crippen LogP contribution in [0.15, 0.2) is 28.9 Å². The molecular formula is C17H19ClN2O2. The Balaban J connectivity index is 1.52. The Morgan fingerprint density at radius 1 is 1.32 bits per heavy atom. The molecule has 1 N–H and O–H groups in total. The molecule has 4 nitrogen and oxygen atoms in total. The van der Waals surface area contributed by atoms with Crippen molar-refractivity contribution in [3.63, 3.8) is 0 Å². The van der Waals surface area contributed by atoms with Gasteiger partial charge in [-0.2, -0.15) is 0 Å². The number of piperidine rings is 1. The van der Waals surface area contributed by atoms with Gasteiger partial charge in [0, 0.05) is 23.5 Å². The lowest BCUT2D eigenvalue weighted by Crippen LogP contribution is -2.41. The van der Waals surface area contributed by atoms with Gasteiger partial charge in [-0.3, -0.25) is 4.79 Å². The summed E-state index contributed by atoms with van der Waals surface area (Å²) in [5, 5.41) is 4.53. The zero-order valence-corrected chi connectivity index (χ0v) is 13.1. The Labute approximate surface area is 134 Å². The molecule has 3 fully saturated rings. The molecule has 3 saturated heterocycles. The number of rotatable bonds is 2. The first-order chi connectivity index (χ1) is 10.7. The molecule has 3 aliphatic heterocycles. The molecule has 1 aromatic heterocycles. The summed E-state index contributed by atoms with van der Waals surface area (Å²) >= 11 is 6.08. The monoisotopic (exact) mass is 318 g/mol. The molecule has 0 spiro atoms. The third-order valence-corrected chi connectivity index (χ3v) is 5.22. The predicted molar refractivity (Wildman–Crippen MR) is 86.3 cm³/mol. The van der Waals surface area contributed by atoms with Crippen LogP contribution < -0.4 is 5.32 Å². The Kier molecular flexibility index (Phi) is 3.59. The first-order valence-corrected chi connectivity index (χ1v) is 8.27. The molecule has 4 heterocycles. The molecule has 0 aliphatic carbocycles. The van der Waals surface area contributed by atoms with Gasteiger partial charge in [0.25, 0.3) is 5.91 Å². The summed E-state index contributed by atoms with van der Waals surface area (Å²) in [6.45, 7) is 3.32. The van der Waals surface area contributed by atoms with Gasteiger partial charge in [-0.05, 0) is 56.5 Å². The Morgan fingerprint density at radius 3 is 2.95 bits per heavy atom. The average Bonchev–Trinajstić information content (AvgIpc) is 2.70. The zero-order valence-electron chi connectivity index (χ0n) is 12.3. The number of hydrogen-bond donors (Lipinski definition) is 1. The lowest BCUT2D eigenvalue weighted by Gasteiger charge is -2.26. The van der Waals surface area contributed by atoms with E-state index in [-0.39, 0.29) is 11.9 Å². The van der Waals surface area contributed by atoms with E-state index in [2.05, 4.69) is 10.2 Å². The summed E-state index contributed by atoms with van der Waals surface area (Å²) in [6, 6.07) is 5.65. The van der Waals surface area contributed by atoms with Gasteiger partial charge in [-0.1, -0.05) is 11.6 Å². The van der Waals surface area contributed by atoms with E-state index < -0.39 is 0 Å². The van der Waals surface area contributed by atoms with Crippen LogP contribution in [-0.2, 0) is 0 Å². The Bertz CT molecular complexity index is 690. The second-order valence-electron chi connectivity index (χ2n) is 6.44. The number of nitrogens with zero attached hydrogens (tertiary/aromatic N) is 1. The number of benzene rings is 1. The van der Waals surface area contributed by atoms with E-state index in [1.165, 1.54) is 32.2 Å². The average molecular weight is 319 g/mol. The van der Waals surface area contributed by atoms with E-state index in [0.29, 0.717) is 16.2 Å². The number of carbonyl (C=O) groups is 1. The van der Waals surface area contributed by atoms with E-state index in [1.54, 1.807) is 12.1 Å². The number of amides is 1. The summed E-state index contributed by atoms with van der Waals surface area (Å²) in [5.74, 6) is 0.738. The van der Waals surface area contributed by atoms with Crippen molar-refractivity contribution in [3.8, 4) is 0 Å². The van der Waals surface area contributed by atoms with Crippen LogP contribution in [0.3, 0.4) is 0 Å². The van der Waals surface area contributed by atoms with Crippen LogP contribution in [0.1, 0.15) is 29.6 Å². The molecule has 0 radical (unpaired) electrons. The quantitative estimate of drug-likeness (QED) is 0.924. The third kappa shape index (κ3) is 2.61. The topological polar surface area (TPSA) is 45.5 Å². The van der Waals surface area contributed by atoms with Crippen molar-refractivity contribution >= 4 is 28.5 Å². The van der Waals surface area contributed by atoms with Crippen LogP contribution in [0.4, 0.5) is 0 Å². The van der Waals surface area contributed by atoms with Crippen LogP contribution in [0.25, 0.3) is 11.0 Å². The van der Waals surface area contributed by atoms with Crippen LogP contribution in [0.5, 0.6) is 0 Å². The minimum atomic E-state index is -0.0216. The predicted octanol–water partition coefficient (Wildman–Crippen LogP) is 3.30. The minimum Gasteiger partial charge on any atom is -0.463 e. The molecular weight excluding hydrogens is 300 g/mol. The molecule has 0 saturated carbocycles. The van der Waals surface area contributed by atoms with E-state index in [4.69, 9.17) is 16.0 Å². The van der Waals surface area contributed by atoms with Crippen molar-refractivity contribution in [2.45, 2.75) is 25.3 Å². The van der Waals surface area contributed by atoms with Crippen LogP contribution in [-0.4, -0.2) is 36.5 Å². The second-order valence-corrected chi connectivity index (χ2v) is 6.85. The van der Waals surface area contributed by atoms with Crippen LogP contribution in [0, 0.1) is 5.92 Å². The Morgan fingerprint density at radius 2 is 2.14 bits per heavy atom. The highest BCUT2D eigenvalue weighted by atomic mass is 35.5. The second kappa shape index (κ2) is 5.60. The van der Waals surface area contributed by atoms with Gasteiger partial charge in [-0.15, -0.1) is 0 Å². The number of carbonyl (C=O) groups excluding carboxylic acids is 1. The van der Waals surface area contributed by atoms with Gasteiger partial charge < -0.3 is 14.6 Å².